The van der Waals surface area contributed by atoms with Crippen molar-refractivity contribution in [2.45, 2.75) is 44.4 Å². The van der Waals surface area contributed by atoms with Crippen LogP contribution in [-0.2, 0) is 0 Å². The number of thiazole rings is 1. The van der Waals surface area contributed by atoms with Gasteiger partial charge in [0.25, 0.3) is 0 Å². The van der Waals surface area contributed by atoms with Gasteiger partial charge in [0.1, 0.15) is 16.9 Å². The van der Waals surface area contributed by atoms with Gasteiger partial charge in [-0.15, -0.1) is 11.3 Å². The Balaban J connectivity index is 1.53. The number of aliphatic hydroxyl groups excluding tert-OH is 2. The number of anilines is 2. The molecule has 5 rings (SSSR count). The zero-order valence-corrected chi connectivity index (χ0v) is 17.9. The Hall–Kier alpha value is -2.80. The molecule has 0 amide bonds. The Morgan fingerprint density at radius 2 is 1.97 bits per heavy atom. The Morgan fingerprint density at radius 1 is 1.16 bits per heavy atom. The first-order chi connectivity index (χ1) is 15.0. The molecular formula is C22H24N6O2S. The van der Waals surface area contributed by atoms with Crippen molar-refractivity contribution in [1.82, 2.24) is 15.0 Å². The maximum atomic E-state index is 10.5. The third-order valence-corrected chi connectivity index (χ3v) is 7.07. The SMILES string of the molecule is Cc1nc(NCC2CC2)nc(N[C@@H]2C[C@H](C#N)[C@@H](O)[C@H]2O)c1-c1nc2ccccc2s1. The Labute approximate surface area is 184 Å². The molecule has 4 atom stereocenters. The van der Waals surface area contributed by atoms with E-state index in [-0.39, 0.29) is 0 Å². The van der Waals surface area contributed by atoms with Crippen LogP contribution in [0.2, 0.25) is 0 Å². The molecule has 2 aliphatic carbocycles. The third-order valence-electron chi connectivity index (χ3n) is 6.01. The lowest BCUT2D eigenvalue weighted by Gasteiger charge is -2.21. The fourth-order valence-corrected chi connectivity index (χ4v) is 5.09. The average molecular weight is 437 g/mol. The fourth-order valence-electron chi connectivity index (χ4n) is 4.03. The summed E-state index contributed by atoms with van der Waals surface area (Å²) >= 11 is 1.56. The number of fused-ring (bicyclic) bond motifs is 1. The number of aliphatic hydroxyl groups is 2. The van der Waals surface area contributed by atoms with Gasteiger partial charge < -0.3 is 20.8 Å². The van der Waals surface area contributed by atoms with E-state index in [1.807, 2.05) is 31.2 Å². The molecule has 2 saturated carbocycles. The first-order valence-electron chi connectivity index (χ1n) is 10.5. The highest BCUT2D eigenvalue weighted by atomic mass is 32.1. The van der Waals surface area contributed by atoms with Crippen LogP contribution in [0.1, 0.15) is 25.0 Å². The van der Waals surface area contributed by atoms with Crippen LogP contribution >= 0.6 is 11.3 Å². The highest BCUT2D eigenvalue weighted by Crippen LogP contribution is 2.38. The van der Waals surface area contributed by atoms with E-state index in [4.69, 9.17) is 9.97 Å². The van der Waals surface area contributed by atoms with Gasteiger partial charge in [0, 0.05) is 6.54 Å². The molecule has 0 radical (unpaired) electrons. The van der Waals surface area contributed by atoms with Crippen molar-refractivity contribution in [3.8, 4) is 16.6 Å². The number of benzene rings is 1. The van der Waals surface area contributed by atoms with Crippen molar-refractivity contribution in [1.29, 1.82) is 5.26 Å². The summed E-state index contributed by atoms with van der Waals surface area (Å²) in [7, 11) is 0. The molecule has 2 heterocycles. The monoisotopic (exact) mass is 436 g/mol. The summed E-state index contributed by atoms with van der Waals surface area (Å²) in [6.45, 7) is 2.76. The van der Waals surface area contributed by atoms with Gasteiger partial charge in [0.05, 0.1) is 45.6 Å². The minimum absolute atomic E-state index is 0.339. The lowest BCUT2D eigenvalue weighted by atomic mass is 10.1. The molecule has 9 heteroatoms. The van der Waals surface area contributed by atoms with Crippen LogP contribution in [0.4, 0.5) is 11.8 Å². The van der Waals surface area contributed by atoms with Gasteiger partial charge in [-0.25, -0.2) is 9.97 Å². The number of aryl methyl sites for hydroxylation is 1. The second-order valence-corrected chi connectivity index (χ2v) is 9.40. The lowest BCUT2D eigenvalue weighted by molar-refractivity contribution is 0.0273. The van der Waals surface area contributed by atoms with Crippen LogP contribution < -0.4 is 10.6 Å². The van der Waals surface area contributed by atoms with E-state index in [9.17, 15) is 15.5 Å². The number of nitrogens with one attached hydrogen (secondary N) is 2. The smallest absolute Gasteiger partial charge is 0.224 e. The van der Waals surface area contributed by atoms with Gasteiger partial charge in [0.15, 0.2) is 0 Å². The number of nitriles is 1. The van der Waals surface area contributed by atoms with Gasteiger partial charge in [-0.3, -0.25) is 0 Å². The Morgan fingerprint density at radius 3 is 2.68 bits per heavy atom. The van der Waals surface area contributed by atoms with Crippen molar-refractivity contribution in [3.63, 3.8) is 0 Å². The fraction of sp³-hybridized carbons (Fsp3) is 0.455. The minimum atomic E-state index is -1.08. The van der Waals surface area contributed by atoms with E-state index in [0.29, 0.717) is 24.1 Å². The van der Waals surface area contributed by atoms with Crippen molar-refractivity contribution < 1.29 is 10.2 Å². The topological polar surface area (TPSA) is 127 Å². The van der Waals surface area contributed by atoms with Gasteiger partial charge in [-0.2, -0.15) is 10.2 Å². The molecule has 1 aromatic carbocycles. The van der Waals surface area contributed by atoms with E-state index >= 15 is 0 Å². The number of rotatable bonds is 6. The molecule has 3 aromatic rings. The third kappa shape index (κ3) is 3.94. The van der Waals surface area contributed by atoms with Gasteiger partial charge in [0.2, 0.25) is 5.95 Å². The van der Waals surface area contributed by atoms with Crippen LogP contribution in [-0.4, -0.2) is 50.0 Å². The summed E-state index contributed by atoms with van der Waals surface area (Å²) in [5, 5.41) is 37.3. The summed E-state index contributed by atoms with van der Waals surface area (Å²) in [5.41, 5.74) is 2.46. The Kier molecular flexibility index (Phi) is 5.22. The molecule has 0 aliphatic heterocycles. The second-order valence-electron chi connectivity index (χ2n) is 8.37. The molecule has 8 nitrogen and oxygen atoms in total. The van der Waals surface area contributed by atoms with Crippen molar-refractivity contribution in [2.75, 3.05) is 17.2 Å². The van der Waals surface area contributed by atoms with E-state index < -0.39 is 24.2 Å². The molecular weight excluding hydrogens is 412 g/mol. The zero-order valence-electron chi connectivity index (χ0n) is 17.1. The maximum absolute atomic E-state index is 10.5. The summed E-state index contributed by atoms with van der Waals surface area (Å²) < 4.78 is 1.07. The normalized spacial score (nSPS) is 25.5. The molecule has 2 aliphatic rings. The molecule has 0 bridgehead atoms. The Bertz CT molecular complexity index is 1120. The number of para-hydroxylation sites is 1. The molecule has 2 aromatic heterocycles. The second kappa shape index (κ2) is 8.04. The van der Waals surface area contributed by atoms with Crippen LogP contribution in [0.15, 0.2) is 24.3 Å². The molecule has 0 spiro atoms. The largest absolute Gasteiger partial charge is 0.389 e. The summed E-state index contributed by atoms with van der Waals surface area (Å²) in [4.78, 5) is 14.1. The molecule has 0 unspecified atom stereocenters. The number of hydrogen-bond donors (Lipinski definition) is 4. The first kappa shape index (κ1) is 20.1. The van der Waals surface area contributed by atoms with Crippen molar-refractivity contribution in [2.24, 2.45) is 11.8 Å². The molecule has 0 saturated heterocycles. The van der Waals surface area contributed by atoms with Crippen LogP contribution in [0, 0.1) is 30.1 Å². The van der Waals surface area contributed by atoms with Crippen molar-refractivity contribution in [3.05, 3.63) is 30.0 Å². The lowest BCUT2D eigenvalue weighted by Crippen LogP contribution is -2.35. The molecule has 31 heavy (non-hydrogen) atoms. The van der Waals surface area contributed by atoms with Crippen LogP contribution in [0.25, 0.3) is 20.8 Å². The van der Waals surface area contributed by atoms with Gasteiger partial charge in [-0.1, -0.05) is 12.1 Å². The highest BCUT2D eigenvalue weighted by molar-refractivity contribution is 7.21. The minimum Gasteiger partial charge on any atom is -0.389 e. The van der Waals surface area contributed by atoms with E-state index in [2.05, 4.69) is 21.7 Å². The molecule has 4 N–H and O–H groups in total. The number of hydrogen-bond acceptors (Lipinski definition) is 9. The zero-order chi connectivity index (χ0) is 21.5. The van der Waals surface area contributed by atoms with E-state index in [1.54, 1.807) is 11.3 Å². The standard InChI is InChI=1S/C22H24N6O2S/c1-11-17(21-27-14-4-2-3-5-16(14)31-21)20(28-22(25-11)24-10-12-6-7-12)26-15-8-13(9-23)18(29)19(15)30/h2-5,12-13,15,18-19,29-30H,6-8,10H2,1H3,(H2,24,25,26,28)/t13-,15-,18-,19+/m1/s1. The maximum Gasteiger partial charge on any atom is 0.224 e. The molecule has 160 valence electrons. The van der Waals surface area contributed by atoms with Gasteiger partial charge in [-0.05, 0) is 44.2 Å². The predicted octanol–water partition coefficient (Wildman–Crippen LogP) is 2.93. The summed E-state index contributed by atoms with van der Waals surface area (Å²) in [6, 6.07) is 9.53. The number of nitrogens with zero attached hydrogens (tertiary/aromatic N) is 4. The quantitative estimate of drug-likeness (QED) is 0.464. The number of aromatic nitrogens is 3. The summed E-state index contributed by atoms with van der Waals surface area (Å²) in [6.07, 6.45) is 0.659. The van der Waals surface area contributed by atoms with E-state index in [0.717, 1.165) is 33.0 Å². The van der Waals surface area contributed by atoms with Crippen molar-refractivity contribution >= 4 is 33.3 Å². The molecule has 2 fully saturated rings. The average Bonchev–Trinajstić information content (AvgIpc) is 3.44. The van der Waals surface area contributed by atoms with Crippen LogP contribution in [0.3, 0.4) is 0 Å². The summed E-state index contributed by atoms with van der Waals surface area (Å²) in [5.74, 6) is 1.14. The predicted molar refractivity (Wildman–Crippen MR) is 120 cm³/mol. The van der Waals surface area contributed by atoms with Crippen LogP contribution in [0.5, 0.6) is 0 Å². The van der Waals surface area contributed by atoms with Gasteiger partial charge >= 0.3 is 0 Å². The first-order valence-corrected chi connectivity index (χ1v) is 11.4. The highest BCUT2D eigenvalue weighted by Gasteiger charge is 2.42. The van der Waals surface area contributed by atoms with E-state index in [1.165, 1.54) is 12.8 Å².